The van der Waals surface area contributed by atoms with E-state index in [-0.39, 0.29) is 11.4 Å². The zero-order chi connectivity index (χ0) is 22.5. The number of hydrazone groups is 1. The Morgan fingerprint density at radius 2 is 1.84 bits per heavy atom. The monoisotopic (exact) mass is 452 g/mol. The van der Waals surface area contributed by atoms with Gasteiger partial charge < -0.3 is 18.9 Å². The van der Waals surface area contributed by atoms with Gasteiger partial charge in [0.2, 0.25) is 0 Å². The van der Waals surface area contributed by atoms with Gasteiger partial charge in [-0.2, -0.15) is 15.1 Å². The van der Waals surface area contributed by atoms with Crippen LogP contribution < -0.4 is 18.9 Å². The number of carbonyl (C=O) groups excluding carboxylic acids is 1. The predicted octanol–water partition coefficient (Wildman–Crippen LogP) is 3.41. The number of nitrogens with zero attached hydrogens (tertiary/aromatic N) is 3. The topological polar surface area (TPSA) is 106 Å². The number of rotatable bonds is 8. The number of benzene rings is 2. The summed E-state index contributed by atoms with van der Waals surface area (Å²) in [5, 5.41) is 14.0. The van der Waals surface area contributed by atoms with Gasteiger partial charge in [-0.15, -0.1) is 0 Å². The molecule has 10 heteroatoms. The highest BCUT2D eigenvalue weighted by Gasteiger charge is 2.32. The maximum atomic E-state index is 12.3. The summed E-state index contributed by atoms with van der Waals surface area (Å²) in [6.07, 6.45) is 1.58. The van der Waals surface area contributed by atoms with Crippen LogP contribution in [0.25, 0.3) is 6.08 Å². The van der Waals surface area contributed by atoms with Crippen molar-refractivity contribution in [2.75, 3.05) is 27.4 Å². The van der Waals surface area contributed by atoms with E-state index in [2.05, 4.69) is 10.1 Å². The van der Waals surface area contributed by atoms with Crippen molar-refractivity contribution >= 4 is 40.3 Å². The third-order valence-electron chi connectivity index (χ3n) is 4.55. The SMILES string of the molecule is COc1cccc(OCCOc2ccc(/C=C3\C(=N)N4N=CSC4=NC3=O)cc2OC)c1. The molecule has 0 unspecified atom stereocenters. The van der Waals surface area contributed by atoms with Crippen LogP contribution in [0.3, 0.4) is 0 Å². The third-order valence-corrected chi connectivity index (χ3v) is 5.22. The van der Waals surface area contributed by atoms with Crippen LogP contribution in [0.5, 0.6) is 23.0 Å². The van der Waals surface area contributed by atoms with Crippen LogP contribution in [0.15, 0.2) is 58.1 Å². The molecule has 0 atom stereocenters. The maximum absolute atomic E-state index is 12.3. The molecule has 4 rings (SSSR count). The van der Waals surface area contributed by atoms with E-state index < -0.39 is 5.91 Å². The van der Waals surface area contributed by atoms with Crippen LogP contribution in [0.4, 0.5) is 0 Å². The van der Waals surface area contributed by atoms with Crippen LogP contribution >= 0.6 is 11.8 Å². The van der Waals surface area contributed by atoms with Gasteiger partial charge in [0.15, 0.2) is 22.5 Å². The molecule has 0 fully saturated rings. The summed E-state index contributed by atoms with van der Waals surface area (Å²) in [4.78, 5) is 16.3. The van der Waals surface area contributed by atoms with Gasteiger partial charge in [-0.25, -0.2) is 0 Å². The molecule has 0 radical (unpaired) electrons. The molecule has 0 aromatic heterocycles. The third kappa shape index (κ3) is 4.59. The highest BCUT2D eigenvalue weighted by molar-refractivity contribution is 8.25. The summed E-state index contributed by atoms with van der Waals surface area (Å²) in [5.41, 5.74) is 2.36. The van der Waals surface area contributed by atoms with Crippen LogP contribution in [0, 0.1) is 5.41 Å². The first-order valence-corrected chi connectivity index (χ1v) is 10.5. The highest BCUT2D eigenvalue weighted by atomic mass is 32.2. The molecule has 9 nitrogen and oxygen atoms in total. The van der Waals surface area contributed by atoms with Crippen molar-refractivity contribution in [1.29, 1.82) is 5.41 Å². The molecule has 32 heavy (non-hydrogen) atoms. The first kappa shape index (κ1) is 21.4. The number of nitrogens with one attached hydrogen (secondary N) is 1. The van der Waals surface area contributed by atoms with Crippen LogP contribution in [-0.2, 0) is 4.79 Å². The summed E-state index contributed by atoms with van der Waals surface area (Å²) < 4.78 is 22.1. The molecule has 0 aliphatic carbocycles. The van der Waals surface area contributed by atoms with E-state index in [1.54, 1.807) is 37.5 Å². The zero-order valence-corrected chi connectivity index (χ0v) is 18.2. The molecule has 0 bridgehead atoms. The Labute approximate surface area is 188 Å². The lowest BCUT2D eigenvalue weighted by Gasteiger charge is -2.20. The maximum Gasteiger partial charge on any atom is 0.283 e. The largest absolute Gasteiger partial charge is 0.497 e. The molecule has 2 aromatic rings. The lowest BCUT2D eigenvalue weighted by atomic mass is 10.1. The molecule has 0 saturated heterocycles. The fraction of sp³-hybridized carbons (Fsp3) is 0.182. The minimum atomic E-state index is -0.478. The summed E-state index contributed by atoms with van der Waals surface area (Å²) in [6, 6.07) is 12.6. The molecule has 2 heterocycles. The Morgan fingerprint density at radius 3 is 2.66 bits per heavy atom. The minimum Gasteiger partial charge on any atom is -0.497 e. The van der Waals surface area contributed by atoms with Crippen LogP contribution in [0.1, 0.15) is 5.56 Å². The first-order chi connectivity index (χ1) is 15.6. The summed E-state index contributed by atoms with van der Waals surface area (Å²) in [7, 11) is 3.14. The van der Waals surface area contributed by atoms with E-state index >= 15 is 0 Å². The molecule has 0 saturated carbocycles. The number of methoxy groups -OCH3 is 2. The predicted molar refractivity (Wildman–Crippen MR) is 123 cm³/mol. The first-order valence-electron chi connectivity index (χ1n) is 9.59. The Bertz CT molecular complexity index is 1140. The van der Waals surface area contributed by atoms with E-state index in [4.69, 9.17) is 24.4 Å². The van der Waals surface area contributed by atoms with Gasteiger partial charge in [-0.05, 0) is 47.7 Å². The minimum absolute atomic E-state index is 0.0183. The van der Waals surface area contributed by atoms with Crippen LogP contribution in [-0.4, -0.2) is 54.9 Å². The van der Waals surface area contributed by atoms with Crippen molar-refractivity contribution in [3.8, 4) is 23.0 Å². The number of fused-ring (bicyclic) bond motifs is 1. The number of hydrogen-bond donors (Lipinski definition) is 1. The lowest BCUT2D eigenvalue weighted by Crippen LogP contribution is -2.35. The van der Waals surface area contributed by atoms with Gasteiger partial charge in [-0.1, -0.05) is 12.1 Å². The fourth-order valence-electron chi connectivity index (χ4n) is 3.00. The standard InChI is InChI=1S/C22H20N4O5S/c1-28-15-4-3-5-16(12-15)30-8-9-31-18-7-6-14(11-19(18)29-2)10-17-20(23)26-22(25-21(17)27)32-13-24-26/h3-7,10-13,23H,8-9H2,1-2H3/b17-10+,23-20?. The number of aliphatic imine (C=N–C) groups is 1. The quantitative estimate of drug-likeness (QED) is 0.483. The highest BCUT2D eigenvalue weighted by Crippen LogP contribution is 2.30. The summed E-state index contributed by atoms with van der Waals surface area (Å²) >= 11 is 1.20. The van der Waals surface area contributed by atoms with Crippen molar-refractivity contribution in [2.45, 2.75) is 0 Å². The zero-order valence-electron chi connectivity index (χ0n) is 17.4. The van der Waals surface area contributed by atoms with E-state index in [1.807, 2.05) is 18.2 Å². The van der Waals surface area contributed by atoms with E-state index in [0.717, 1.165) is 5.75 Å². The van der Waals surface area contributed by atoms with E-state index in [1.165, 1.54) is 29.4 Å². The average molecular weight is 452 g/mol. The molecule has 2 aliphatic rings. The molecule has 1 N–H and O–H groups in total. The van der Waals surface area contributed by atoms with Crippen LogP contribution in [0.2, 0.25) is 0 Å². The van der Waals surface area contributed by atoms with Gasteiger partial charge in [0.1, 0.15) is 24.7 Å². The van der Waals surface area contributed by atoms with Gasteiger partial charge in [0.25, 0.3) is 5.91 Å². The van der Waals surface area contributed by atoms with Gasteiger partial charge in [-0.3, -0.25) is 10.2 Å². The van der Waals surface area contributed by atoms with Crippen molar-refractivity contribution in [3.05, 3.63) is 53.6 Å². The fourth-order valence-corrected chi connectivity index (χ4v) is 3.61. The smallest absolute Gasteiger partial charge is 0.283 e. The molecule has 0 spiro atoms. The molecule has 1 amide bonds. The molecular weight excluding hydrogens is 432 g/mol. The van der Waals surface area contributed by atoms with Crippen molar-refractivity contribution in [1.82, 2.24) is 5.01 Å². The lowest BCUT2D eigenvalue weighted by molar-refractivity contribution is -0.114. The van der Waals surface area contributed by atoms with Crippen molar-refractivity contribution in [2.24, 2.45) is 10.1 Å². The Hall–Kier alpha value is -3.79. The Kier molecular flexibility index (Phi) is 6.41. The number of carbonyl (C=O) groups is 1. The van der Waals surface area contributed by atoms with Crippen molar-refractivity contribution in [3.63, 3.8) is 0 Å². The number of amidine groups is 2. The molecular formula is C22H20N4O5S. The van der Waals surface area contributed by atoms with Gasteiger partial charge in [0.05, 0.1) is 25.3 Å². The Morgan fingerprint density at radius 1 is 1.03 bits per heavy atom. The summed E-state index contributed by atoms with van der Waals surface area (Å²) in [5.74, 6) is 1.94. The summed E-state index contributed by atoms with van der Waals surface area (Å²) in [6.45, 7) is 0.641. The molecule has 164 valence electrons. The van der Waals surface area contributed by atoms with Gasteiger partial charge >= 0.3 is 0 Å². The number of hydrogen-bond acceptors (Lipinski definition) is 8. The number of thioether (sulfide) groups is 1. The second kappa shape index (κ2) is 9.56. The van der Waals surface area contributed by atoms with E-state index in [9.17, 15) is 4.79 Å². The van der Waals surface area contributed by atoms with E-state index in [0.29, 0.717) is 41.2 Å². The number of amides is 1. The average Bonchev–Trinajstić information content (AvgIpc) is 3.28. The second-order valence-corrected chi connectivity index (χ2v) is 7.35. The molecule has 2 aromatic carbocycles. The van der Waals surface area contributed by atoms with Crippen molar-refractivity contribution < 1.29 is 23.7 Å². The second-order valence-electron chi connectivity index (χ2n) is 6.54. The normalized spacial score (nSPS) is 16.1. The Balaban J connectivity index is 1.41. The van der Waals surface area contributed by atoms with Gasteiger partial charge in [0, 0.05) is 6.07 Å². The number of ether oxygens (including phenoxy) is 4. The molecule has 2 aliphatic heterocycles.